The zero-order valence-corrected chi connectivity index (χ0v) is 12.1. The van der Waals surface area contributed by atoms with Crippen molar-refractivity contribution in [2.75, 3.05) is 19.3 Å². The van der Waals surface area contributed by atoms with Gasteiger partial charge in [0.1, 0.15) is 0 Å². The molecule has 102 valence electrons. The van der Waals surface area contributed by atoms with Crippen molar-refractivity contribution in [1.82, 2.24) is 9.80 Å². The van der Waals surface area contributed by atoms with Gasteiger partial charge < -0.3 is 9.80 Å². The van der Waals surface area contributed by atoms with E-state index in [-0.39, 0.29) is 0 Å². The molecule has 0 spiro atoms. The molecule has 0 aromatic rings. The Balaban J connectivity index is 1.69. The monoisotopic (exact) mass is 268 g/mol. The zero-order valence-electron chi connectivity index (χ0n) is 11.2. The molecule has 4 atom stereocenters. The van der Waals surface area contributed by atoms with Gasteiger partial charge in [-0.3, -0.25) is 4.79 Å². The molecule has 0 radical (unpaired) electrons. The lowest BCUT2D eigenvalue weighted by Gasteiger charge is -2.49. The Bertz CT molecular complexity index is 322. The van der Waals surface area contributed by atoms with Gasteiger partial charge >= 0.3 is 0 Å². The molecule has 2 bridgehead atoms. The molecule has 3 aliphatic heterocycles. The van der Waals surface area contributed by atoms with Crippen LogP contribution < -0.4 is 0 Å². The molecule has 0 saturated carbocycles. The molecule has 3 fully saturated rings. The number of amides is 1. The summed E-state index contributed by atoms with van der Waals surface area (Å²) in [6.07, 6.45) is 7.13. The summed E-state index contributed by atoms with van der Waals surface area (Å²) in [5.41, 5.74) is 0. The number of hydrogen-bond donors (Lipinski definition) is 1. The van der Waals surface area contributed by atoms with E-state index in [2.05, 4.69) is 29.5 Å². The second-order valence-corrected chi connectivity index (χ2v) is 6.69. The van der Waals surface area contributed by atoms with Crippen molar-refractivity contribution in [2.24, 2.45) is 5.92 Å². The maximum absolute atomic E-state index is 12.1. The first-order chi connectivity index (χ1) is 8.69. The van der Waals surface area contributed by atoms with Crippen molar-refractivity contribution in [1.29, 1.82) is 0 Å². The second-order valence-electron chi connectivity index (χ2n) is 6.33. The number of carbonyl (C=O) groups excluding carboxylic acids is 1. The average molecular weight is 268 g/mol. The molecular weight excluding hydrogens is 244 g/mol. The Hall–Kier alpha value is -0.220. The highest BCUT2D eigenvalue weighted by Crippen LogP contribution is 2.36. The summed E-state index contributed by atoms with van der Waals surface area (Å²) in [6.45, 7) is 0.955. The highest BCUT2D eigenvalue weighted by molar-refractivity contribution is 7.80. The topological polar surface area (TPSA) is 23.6 Å². The van der Waals surface area contributed by atoms with Crippen LogP contribution in [0.3, 0.4) is 0 Å². The van der Waals surface area contributed by atoms with Gasteiger partial charge in [0.05, 0.1) is 0 Å². The molecule has 3 rings (SSSR count). The Labute approximate surface area is 115 Å². The number of hydrogen-bond acceptors (Lipinski definition) is 3. The standard InChI is InChI=1S/C14H24N2OS/c1-15-11-3-2-4-12(15)7-13(6-11)16-8-10(9-18)5-14(16)17/h10-13,18H,2-9H2,1H3/t10?,11-,12+,13?. The summed E-state index contributed by atoms with van der Waals surface area (Å²) >= 11 is 4.35. The van der Waals surface area contributed by atoms with Gasteiger partial charge in [0.25, 0.3) is 0 Å². The van der Waals surface area contributed by atoms with E-state index in [9.17, 15) is 4.79 Å². The van der Waals surface area contributed by atoms with Crippen LogP contribution in [0, 0.1) is 5.92 Å². The van der Waals surface area contributed by atoms with Gasteiger partial charge in [-0.15, -0.1) is 0 Å². The van der Waals surface area contributed by atoms with E-state index >= 15 is 0 Å². The van der Waals surface area contributed by atoms with Crippen LogP contribution in [0.25, 0.3) is 0 Å². The van der Waals surface area contributed by atoms with E-state index in [0.29, 0.717) is 30.0 Å². The van der Waals surface area contributed by atoms with Crippen LogP contribution in [0.15, 0.2) is 0 Å². The van der Waals surface area contributed by atoms with E-state index in [1.54, 1.807) is 0 Å². The molecule has 1 amide bonds. The van der Waals surface area contributed by atoms with Crippen molar-refractivity contribution in [3.05, 3.63) is 0 Å². The first-order valence-corrected chi connectivity index (χ1v) is 7.94. The largest absolute Gasteiger partial charge is 0.339 e. The summed E-state index contributed by atoms with van der Waals surface area (Å²) in [6, 6.07) is 1.93. The molecule has 0 aromatic carbocycles. The van der Waals surface area contributed by atoms with Crippen LogP contribution in [-0.4, -0.2) is 53.2 Å². The van der Waals surface area contributed by atoms with E-state index in [1.165, 1.54) is 32.1 Å². The Morgan fingerprint density at radius 1 is 1.22 bits per heavy atom. The number of rotatable bonds is 2. The SMILES string of the molecule is CN1[C@@H]2CCC[C@H]1CC(N1CC(CS)CC1=O)C2. The van der Waals surface area contributed by atoms with Crippen molar-refractivity contribution in [3.63, 3.8) is 0 Å². The molecule has 0 N–H and O–H groups in total. The molecule has 3 aliphatic rings. The molecule has 18 heavy (non-hydrogen) atoms. The molecule has 0 aromatic heterocycles. The molecule has 3 saturated heterocycles. The Morgan fingerprint density at radius 3 is 2.44 bits per heavy atom. The molecule has 2 unspecified atom stereocenters. The molecule has 3 heterocycles. The van der Waals surface area contributed by atoms with Gasteiger partial charge in [0.2, 0.25) is 5.91 Å². The molecule has 0 aliphatic carbocycles. The lowest BCUT2D eigenvalue weighted by atomic mass is 9.82. The summed E-state index contributed by atoms with van der Waals surface area (Å²) < 4.78 is 0. The highest BCUT2D eigenvalue weighted by atomic mass is 32.1. The highest BCUT2D eigenvalue weighted by Gasteiger charge is 2.41. The van der Waals surface area contributed by atoms with E-state index in [4.69, 9.17) is 0 Å². The fraction of sp³-hybridized carbons (Fsp3) is 0.929. The smallest absolute Gasteiger partial charge is 0.223 e. The normalized spacial score (nSPS) is 41.4. The number of likely N-dealkylation sites (tertiary alicyclic amines) is 1. The van der Waals surface area contributed by atoms with Crippen LogP contribution in [0.1, 0.15) is 38.5 Å². The summed E-state index contributed by atoms with van der Waals surface area (Å²) in [4.78, 5) is 16.9. The van der Waals surface area contributed by atoms with Gasteiger partial charge in [0.15, 0.2) is 0 Å². The first-order valence-electron chi connectivity index (χ1n) is 7.31. The summed E-state index contributed by atoms with van der Waals surface area (Å²) in [5.74, 6) is 1.71. The predicted molar refractivity (Wildman–Crippen MR) is 75.9 cm³/mol. The summed E-state index contributed by atoms with van der Waals surface area (Å²) in [7, 11) is 2.27. The van der Waals surface area contributed by atoms with E-state index in [1.807, 2.05) is 0 Å². The van der Waals surface area contributed by atoms with E-state index < -0.39 is 0 Å². The zero-order chi connectivity index (χ0) is 12.7. The average Bonchev–Trinajstić information content (AvgIpc) is 2.70. The quantitative estimate of drug-likeness (QED) is 0.772. The van der Waals surface area contributed by atoms with Crippen molar-refractivity contribution in [3.8, 4) is 0 Å². The number of nitrogens with zero attached hydrogens (tertiary/aromatic N) is 2. The fourth-order valence-corrected chi connectivity index (χ4v) is 4.37. The van der Waals surface area contributed by atoms with Crippen LogP contribution in [0.2, 0.25) is 0 Å². The third kappa shape index (κ3) is 2.18. The minimum atomic E-state index is 0.377. The van der Waals surface area contributed by atoms with Crippen LogP contribution in [-0.2, 0) is 4.79 Å². The Kier molecular flexibility index (Phi) is 3.59. The van der Waals surface area contributed by atoms with Crippen molar-refractivity contribution in [2.45, 2.75) is 56.7 Å². The lowest BCUT2D eigenvalue weighted by Crippen LogP contribution is -2.55. The molecule has 4 heteroatoms. The number of piperidine rings is 2. The second kappa shape index (κ2) is 5.04. The van der Waals surface area contributed by atoms with Gasteiger partial charge in [-0.05, 0) is 44.4 Å². The van der Waals surface area contributed by atoms with E-state index in [0.717, 1.165) is 18.7 Å². The fourth-order valence-electron chi connectivity index (χ4n) is 4.13. The summed E-state index contributed by atoms with van der Waals surface area (Å²) in [5, 5.41) is 0. The van der Waals surface area contributed by atoms with Crippen LogP contribution in [0.5, 0.6) is 0 Å². The third-order valence-electron chi connectivity index (χ3n) is 5.25. The van der Waals surface area contributed by atoms with Crippen LogP contribution in [0.4, 0.5) is 0 Å². The van der Waals surface area contributed by atoms with Gasteiger partial charge in [-0.2, -0.15) is 12.6 Å². The lowest BCUT2D eigenvalue weighted by molar-refractivity contribution is -0.131. The number of fused-ring (bicyclic) bond motifs is 2. The van der Waals surface area contributed by atoms with Crippen LogP contribution >= 0.6 is 12.6 Å². The Morgan fingerprint density at radius 2 is 1.89 bits per heavy atom. The predicted octanol–water partition coefficient (Wildman–Crippen LogP) is 1.78. The van der Waals surface area contributed by atoms with Gasteiger partial charge in [-0.25, -0.2) is 0 Å². The maximum atomic E-state index is 12.1. The van der Waals surface area contributed by atoms with Gasteiger partial charge in [0, 0.05) is 31.1 Å². The molecular formula is C14H24N2OS. The maximum Gasteiger partial charge on any atom is 0.223 e. The van der Waals surface area contributed by atoms with Gasteiger partial charge in [-0.1, -0.05) is 6.42 Å². The number of carbonyl (C=O) groups is 1. The number of thiol groups is 1. The third-order valence-corrected chi connectivity index (χ3v) is 5.77. The molecule has 3 nitrogen and oxygen atoms in total. The first kappa shape index (κ1) is 12.8. The minimum absolute atomic E-state index is 0.377. The minimum Gasteiger partial charge on any atom is -0.339 e. The van der Waals surface area contributed by atoms with Crippen molar-refractivity contribution < 1.29 is 4.79 Å². The van der Waals surface area contributed by atoms with Crippen molar-refractivity contribution >= 4 is 18.5 Å².